The Hall–Kier alpha value is -2.12. The third-order valence-corrected chi connectivity index (χ3v) is 3.20. The molecule has 0 bridgehead atoms. The molecule has 0 atom stereocenters. The number of aromatic nitrogens is 2. The van der Waals surface area contributed by atoms with Crippen LogP contribution >= 0.6 is 11.8 Å². The van der Waals surface area contributed by atoms with Crippen molar-refractivity contribution in [2.24, 2.45) is 5.84 Å². The van der Waals surface area contributed by atoms with Crippen LogP contribution in [0.1, 0.15) is 10.5 Å². The predicted molar refractivity (Wildman–Crippen MR) is 76.0 cm³/mol. The number of hydrazine groups is 1. The third-order valence-electron chi connectivity index (χ3n) is 2.40. The van der Waals surface area contributed by atoms with E-state index in [1.54, 1.807) is 23.9 Å². The molecule has 0 saturated heterocycles. The summed E-state index contributed by atoms with van der Waals surface area (Å²) in [5.41, 5.74) is 3.34. The summed E-state index contributed by atoms with van der Waals surface area (Å²) in [5, 5.41) is 10.3. The maximum absolute atomic E-state index is 12.0. The van der Waals surface area contributed by atoms with Crippen LogP contribution in [0.5, 0.6) is 0 Å². The van der Waals surface area contributed by atoms with Gasteiger partial charge in [-0.05, 0) is 30.5 Å². The lowest BCUT2D eigenvalue weighted by Gasteiger charge is -2.08. The van der Waals surface area contributed by atoms with Crippen molar-refractivity contribution >= 4 is 29.2 Å². The second-order valence-electron chi connectivity index (χ2n) is 3.60. The first kappa shape index (κ1) is 13.3. The zero-order valence-electron chi connectivity index (χ0n) is 10.3. The summed E-state index contributed by atoms with van der Waals surface area (Å²) in [7, 11) is 0. The van der Waals surface area contributed by atoms with Crippen molar-refractivity contribution in [3.05, 3.63) is 42.1 Å². The highest BCUT2D eigenvalue weighted by Gasteiger charge is 2.10. The molecule has 1 aromatic heterocycles. The van der Waals surface area contributed by atoms with Gasteiger partial charge in [-0.1, -0.05) is 12.1 Å². The highest BCUT2D eigenvalue weighted by molar-refractivity contribution is 7.98. The molecular weight excluding hydrogens is 262 g/mol. The van der Waals surface area contributed by atoms with E-state index < -0.39 is 0 Å². The molecule has 0 radical (unpaired) electrons. The highest BCUT2D eigenvalue weighted by Crippen LogP contribution is 2.24. The van der Waals surface area contributed by atoms with Gasteiger partial charge >= 0.3 is 0 Å². The van der Waals surface area contributed by atoms with Gasteiger partial charge in [-0.15, -0.1) is 22.0 Å². The van der Waals surface area contributed by atoms with E-state index >= 15 is 0 Å². The first-order valence-electron chi connectivity index (χ1n) is 5.49. The molecule has 1 heterocycles. The van der Waals surface area contributed by atoms with Crippen LogP contribution in [0.15, 0.2) is 41.3 Å². The molecule has 0 spiro atoms. The van der Waals surface area contributed by atoms with Crippen molar-refractivity contribution in [2.45, 2.75) is 4.90 Å². The van der Waals surface area contributed by atoms with Crippen LogP contribution < -0.4 is 16.6 Å². The fraction of sp³-hybridized carbons (Fsp3) is 0.0833. The Morgan fingerprint density at radius 3 is 2.63 bits per heavy atom. The average molecular weight is 275 g/mol. The molecule has 2 rings (SSSR count). The fourth-order valence-corrected chi connectivity index (χ4v) is 2.02. The minimum Gasteiger partial charge on any atom is -0.320 e. The Balaban J connectivity index is 2.16. The average Bonchev–Trinajstić information content (AvgIpc) is 2.48. The van der Waals surface area contributed by atoms with E-state index in [1.165, 1.54) is 0 Å². The molecule has 1 aromatic carbocycles. The molecule has 0 aliphatic rings. The molecule has 19 heavy (non-hydrogen) atoms. The number of hydrogen-bond acceptors (Lipinski definition) is 6. The van der Waals surface area contributed by atoms with Gasteiger partial charge < -0.3 is 10.7 Å². The predicted octanol–water partition coefficient (Wildman–Crippen LogP) is 1.74. The van der Waals surface area contributed by atoms with E-state index in [0.717, 1.165) is 10.6 Å². The topological polar surface area (TPSA) is 92.9 Å². The summed E-state index contributed by atoms with van der Waals surface area (Å²) in [5.74, 6) is 5.28. The van der Waals surface area contributed by atoms with Gasteiger partial charge in [0.05, 0.1) is 5.69 Å². The first-order valence-corrected chi connectivity index (χ1v) is 6.72. The molecule has 2 aromatic rings. The maximum Gasteiger partial charge on any atom is 0.276 e. The van der Waals surface area contributed by atoms with Crippen molar-refractivity contribution in [3.8, 4) is 0 Å². The zero-order valence-corrected chi connectivity index (χ0v) is 11.1. The van der Waals surface area contributed by atoms with Crippen LogP contribution in [0, 0.1) is 0 Å². The zero-order chi connectivity index (χ0) is 13.7. The monoisotopic (exact) mass is 275 g/mol. The van der Waals surface area contributed by atoms with Gasteiger partial charge in [0.2, 0.25) is 0 Å². The van der Waals surface area contributed by atoms with Crippen LogP contribution in [0.2, 0.25) is 0 Å². The first-order chi connectivity index (χ1) is 9.24. The molecule has 0 aliphatic carbocycles. The van der Waals surface area contributed by atoms with Gasteiger partial charge in [-0.2, -0.15) is 0 Å². The molecule has 4 N–H and O–H groups in total. The SMILES string of the molecule is CSc1ccccc1NC(=O)c1ccc(NN)nn1. The number of nitrogens with one attached hydrogen (secondary N) is 2. The van der Waals surface area contributed by atoms with E-state index in [9.17, 15) is 4.79 Å². The number of nitrogens with two attached hydrogens (primary N) is 1. The Morgan fingerprint density at radius 1 is 1.21 bits per heavy atom. The molecule has 0 aliphatic heterocycles. The van der Waals surface area contributed by atoms with Crippen LogP contribution in [-0.4, -0.2) is 22.4 Å². The number of thioether (sulfide) groups is 1. The molecule has 1 amide bonds. The number of nitrogens with zero attached hydrogens (tertiary/aromatic N) is 2. The third kappa shape index (κ3) is 3.21. The van der Waals surface area contributed by atoms with E-state index in [4.69, 9.17) is 5.84 Å². The van der Waals surface area contributed by atoms with Gasteiger partial charge in [0.25, 0.3) is 5.91 Å². The number of rotatable bonds is 4. The summed E-state index contributed by atoms with van der Waals surface area (Å²) in [6.45, 7) is 0. The molecular formula is C12H13N5OS. The van der Waals surface area contributed by atoms with E-state index in [2.05, 4.69) is 20.9 Å². The molecule has 6 nitrogen and oxygen atoms in total. The second-order valence-corrected chi connectivity index (χ2v) is 4.45. The Morgan fingerprint density at radius 2 is 2.00 bits per heavy atom. The summed E-state index contributed by atoms with van der Waals surface area (Å²) in [4.78, 5) is 13.0. The largest absolute Gasteiger partial charge is 0.320 e. The summed E-state index contributed by atoms with van der Waals surface area (Å²) in [6.07, 6.45) is 1.95. The van der Waals surface area contributed by atoms with Gasteiger partial charge in [0, 0.05) is 4.90 Å². The minimum atomic E-state index is -0.308. The van der Waals surface area contributed by atoms with Gasteiger partial charge in [-0.3, -0.25) is 4.79 Å². The normalized spacial score (nSPS) is 10.0. The summed E-state index contributed by atoms with van der Waals surface area (Å²) < 4.78 is 0. The molecule has 98 valence electrons. The summed E-state index contributed by atoms with van der Waals surface area (Å²) in [6, 6.07) is 10.7. The number of carbonyl (C=O) groups is 1. The van der Waals surface area contributed by atoms with Crippen molar-refractivity contribution < 1.29 is 4.79 Å². The Bertz CT molecular complexity index is 573. The minimum absolute atomic E-state index is 0.231. The quantitative estimate of drug-likeness (QED) is 0.447. The smallest absolute Gasteiger partial charge is 0.276 e. The van der Waals surface area contributed by atoms with Crippen LogP contribution in [-0.2, 0) is 0 Å². The van der Waals surface area contributed by atoms with Crippen molar-refractivity contribution in [1.29, 1.82) is 0 Å². The number of anilines is 2. The lowest BCUT2D eigenvalue weighted by Crippen LogP contribution is -2.16. The van der Waals surface area contributed by atoms with E-state index in [-0.39, 0.29) is 11.6 Å². The van der Waals surface area contributed by atoms with E-state index in [0.29, 0.717) is 5.82 Å². The number of nitrogen functional groups attached to an aromatic ring is 1. The number of amides is 1. The standard InChI is InChI=1S/C12H13N5OS/c1-19-10-5-3-2-4-8(10)14-12(18)9-6-7-11(15-13)17-16-9/h2-7H,13H2,1H3,(H,14,18)(H,15,17). The van der Waals surface area contributed by atoms with Gasteiger partial charge in [-0.25, -0.2) is 5.84 Å². The highest BCUT2D eigenvalue weighted by atomic mass is 32.2. The Labute approximate surface area is 114 Å². The van der Waals surface area contributed by atoms with Gasteiger partial charge in [0.1, 0.15) is 0 Å². The molecule has 0 saturated carbocycles. The fourth-order valence-electron chi connectivity index (χ4n) is 1.46. The van der Waals surface area contributed by atoms with Crippen LogP contribution in [0.4, 0.5) is 11.5 Å². The van der Waals surface area contributed by atoms with Crippen LogP contribution in [0.3, 0.4) is 0 Å². The number of carbonyl (C=O) groups excluding carboxylic acids is 1. The number of benzene rings is 1. The number of para-hydroxylation sites is 1. The van der Waals surface area contributed by atoms with Gasteiger partial charge in [0.15, 0.2) is 11.5 Å². The van der Waals surface area contributed by atoms with Crippen molar-refractivity contribution in [1.82, 2.24) is 10.2 Å². The molecule has 0 unspecified atom stereocenters. The lowest BCUT2D eigenvalue weighted by molar-refractivity contribution is 0.102. The summed E-state index contributed by atoms with van der Waals surface area (Å²) >= 11 is 1.56. The maximum atomic E-state index is 12.0. The Kier molecular flexibility index (Phi) is 4.32. The van der Waals surface area contributed by atoms with Crippen LogP contribution in [0.25, 0.3) is 0 Å². The van der Waals surface area contributed by atoms with Crippen molar-refractivity contribution in [2.75, 3.05) is 17.0 Å². The molecule has 7 heteroatoms. The van der Waals surface area contributed by atoms with Crippen molar-refractivity contribution in [3.63, 3.8) is 0 Å². The lowest BCUT2D eigenvalue weighted by atomic mass is 10.3. The van der Waals surface area contributed by atoms with E-state index in [1.807, 2.05) is 30.5 Å². The number of hydrogen-bond donors (Lipinski definition) is 3. The second kappa shape index (κ2) is 6.17. The molecule has 0 fully saturated rings.